The zero-order valence-electron chi connectivity index (χ0n) is 31.5. The summed E-state index contributed by atoms with van der Waals surface area (Å²) in [6.45, 7) is 14.1. The molecule has 1 saturated carbocycles. The first-order valence-electron chi connectivity index (χ1n) is 18.4. The normalized spacial score (nSPS) is 18.3. The third-order valence-corrected chi connectivity index (χ3v) is 9.39. The molecule has 4 atom stereocenters. The second-order valence-electron chi connectivity index (χ2n) is 13.0. The van der Waals surface area contributed by atoms with Crippen molar-refractivity contribution in [2.75, 3.05) is 45.4 Å². The number of hydrogen-bond donors (Lipinski definition) is 3. The summed E-state index contributed by atoms with van der Waals surface area (Å²) in [5.74, 6) is 3.09. The highest BCUT2D eigenvalue weighted by Crippen LogP contribution is 2.37. The number of carbonyl (C=O) groups is 3. The van der Waals surface area contributed by atoms with E-state index in [-0.39, 0.29) is 12.0 Å². The van der Waals surface area contributed by atoms with E-state index in [0.717, 1.165) is 91.9 Å². The highest BCUT2D eigenvalue weighted by molar-refractivity contribution is 5.84. The van der Waals surface area contributed by atoms with Crippen LogP contribution >= 0.6 is 0 Å². The molecule has 10 nitrogen and oxygen atoms in total. The molecule has 1 aromatic carbocycles. The molecule has 1 amide bonds. The quantitative estimate of drug-likeness (QED) is 0.0849. The van der Waals surface area contributed by atoms with E-state index in [1.807, 2.05) is 39.0 Å². The number of aryl methyl sites for hydroxylation is 1. The molecule has 0 spiro atoms. The number of nitrogens with zero attached hydrogens (tertiary/aromatic N) is 1. The van der Waals surface area contributed by atoms with E-state index in [2.05, 4.69) is 35.6 Å². The fourth-order valence-electron chi connectivity index (χ4n) is 6.32. The van der Waals surface area contributed by atoms with Gasteiger partial charge in [-0.15, -0.1) is 0 Å². The Morgan fingerprint density at radius 2 is 1.76 bits per heavy atom. The fourth-order valence-corrected chi connectivity index (χ4v) is 6.32. The molecule has 1 aromatic heterocycles. The lowest BCUT2D eigenvalue weighted by Gasteiger charge is -2.31. The minimum absolute atomic E-state index is 0.136. The van der Waals surface area contributed by atoms with Crippen molar-refractivity contribution in [3.63, 3.8) is 0 Å². The number of nitrogens with one attached hydrogen (secondary N) is 2. The number of alkyl halides is 1. The van der Waals surface area contributed by atoms with Crippen LogP contribution in [-0.2, 0) is 23.9 Å². The van der Waals surface area contributed by atoms with Crippen molar-refractivity contribution < 1.29 is 32.7 Å². The number of likely N-dealkylation sites (tertiary alicyclic amines) is 1. The lowest BCUT2D eigenvalue weighted by molar-refractivity contribution is -0.128. The molecule has 1 saturated heterocycles. The highest BCUT2D eigenvalue weighted by Gasteiger charge is 2.34. The van der Waals surface area contributed by atoms with Gasteiger partial charge in [-0.1, -0.05) is 45.4 Å². The van der Waals surface area contributed by atoms with Crippen LogP contribution in [0.15, 0.2) is 28.7 Å². The number of anilines is 1. The Balaban J connectivity index is 0.000000633. The molecule has 50 heavy (non-hydrogen) atoms. The molecule has 2 aliphatic rings. The molecule has 286 valence electrons. The maximum absolute atomic E-state index is 11.9. The van der Waals surface area contributed by atoms with Gasteiger partial charge in [-0.05, 0) is 116 Å². The van der Waals surface area contributed by atoms with E-state index in [0.29, 0.717) is 25.9 Å². The van der Waals surface area contributed by atoms with Crippen LogP contribution in [0.5, 0.6) is 0 Å². The van der Waals surface area contributed by atoms with Gasteiger partial charge in [-0.25, -0.2) is 4.39 Å². The average Bonchev–Trinajstić information content (AvgIpc) is 3.69. The van der Waals surface area contributed by atoms with E-state index in [9.17, 15) is 18.8 Å². The summed E-state index contributed by atoms with van der Waals surface area (Å²) in [7, 11) is 2.29. The molecule has 4 N–H and O–H groups in total. The van der Waals surface area contributed by atoms with Gasteiger partial charge in [0.2, 0.25) is 6.41 Å². The van der Waals surface area contributed by atoms with E-state index in [1.54, 1.807) is 6.07 Å². The third-order valence-electron chi connectivity index (χ3n) is 9.39. The fraction of sp³-hybridized carbons (Fsp3) is 0.692. The van der Waals surface area contributed by atoms with Crippen LogP contribution < -0.4 is 11.1 Å². The zero-order chi connectivity index (χ0) is 37.6. The molecule has 0 radical (unpaired) electrons. The van der Waals surface area contributed by atoms with Gasteiger partial charge in [-0.3, -0.25) is 9.59 Å². The molecule has 4 unspecified atom stereocenters. The second kappa shape index (κ2) is 30.7. The Kier molecular flexibility index (Phi) is 28.7. The lowest BCUT2D eigenvalue weighted by atomic mass is 9.77. The monoisotopic (exact) mass is 707 g/mol. The van der Waals surface area contributed by atoms with Gasteiger partial charge in [-0.2, -0.15) is 0 Å². The number of carbonyl (C=O) groups excluding carboxylic acids is 3. The maximum atomic E-state index is 11.9. The SMILES string of the molecule is C=N.CC1C(C2CCCCC2)CCN1C.CCC(C=O)CCCC(N)CF.CCOCCCCOC=O.Cc1cc2cc(NC=O)ccc2o1. The Bertz CT molecular complexity index is 1130. The summed E-state index contributed by atoms with van der Waals surface area (Å²) >= 11 is 0. The molecular weight excluding hydrogens is 639 g/mol. The first-order valence-corrected chi connectivity index (χ1v) is 18.4. The van der Waals surface area contributed by atoms with Crippen LogP contribution in [-0.4, -0.2) is 83.0 Å². The van der Waals surface area contributed by atoms with Gasteiger partial charge in [0, 0.05) is 42.3 Å². The van der Waals surface area contributed by atoms with Crippen molar-refractivity contribution in [3.05, 3.63) is 30.0 Å². The maximum Gasteiger partial charge on any atom is 0.293 e. The van der Waals surface area contributed by atoms with Crippen molar-refractivity contribution in [1.29, 1.82) is 5.41 Å². The van der Waals surface area contributed by atoms with Gasteiger partial charge in [0.1, 0.15) is 24.3 Å². The minimum Gasteiger partial charge on any atom is -0.468 e. The summed E-state index contributed by atoms with van der Waals surface area (Å²) in [5, 5.41) is 9.09. The summed E-state index contributed by atoms with van der Waals surface area (Å²) in [5.41, 5.74) is 7.00. The standard InChI is InChI=1S/C12H23N.C10H9NO2.C9H18FNO.C7H14O3.CH3N/c1-10-12(8-9-13(10)2)11-6-4-3-5-7-11;1-7-4-8-5-9(11-6-12)2-3-10(8)13-7;1-2-8(7-12)4-3-5-9(11)6-10;1-2-9-5-3-4-6-10-7-8;1-2/h10-12H,3-9H2,1-2H3;2-6H,1H3,(H,11,12);7-9H,2-6,11H2,1H3;7H,2-6H2,1H3;2H,1H2. The number of amides is 1. The molecule has 2 fully saturated rings. The minimum atomic E-state index is -0.460. The Morgan fingerprint density at radius 1 is 1.06 bits per heavy atom. The van der Waals surface area contributed by atoms with E-state index < -0.39 is 6.67 Å². The highest BCUT2D eigenvalue weighted by atomic mass is 19.1. The third kappa shape index (κ3) is 20.5. The number of halogens is 1. The van der Waals surface area contributed by atoms with Crippen molar-refractivity contribution >= 4 is 42.5 Å². The smallest absolute Gasteiger partial charge is 0.293 e. The first kappa shape index (κ1) is 46.9. The van der Waals surface area contributed by atoms with Crippen LogP contribution in [0, 0.1) is 30.1 Å². The van der Waals surface area contributed by atoms with Crippen molar-refractivity contribution in [2.24, 2.45) is 23.5 Å². The van der Waals surface area contributed by atoms with Crippen molar-refractivity contribution in [2.45, 2.75) is 117 Å². The van der Waals surface area contributed by atoms with Crippen LogP contribution in [0.4, 0.5) is 10.1 Å². The van der Waals surface area contributed by atoms with Crippen molar-refractivity contribution in [3.8, 4) is 0 Å². The molecule has 4 rings (SSSR count). The lowest BCUT2D eigenvalue weighted by Crippen LogP contribution is -2.30. The molecule has 1 aliphatic carbocycles. The summed E-state index contributed by atoms with van der Waals surface area (Å²) in [6, 6.07) is 7.97. The number of fused-ring (bicyclic) bond motifs is 1. The summed E-state index contributed by atoms with van der Waals surface area (Å²) in [4.78, 5) is 32.7. The Morgan fingerprint density at radius 3 is 2.32 bits per heavy atom. The van der Waals surface area contributed by atoms with Gasteiger partial charge < -0.3 is 40.0 Å². The predicted octanol–water partition coefficient (Wildman–Crippen LogP) is 8.14. The molecule has 1 aliphatic heterocycles. The number of ether oxygens (including phenoxy) is 2. The molecule has 2 aromatic rings. The number of aldehydes is 1. The zero-order valence-corrected chi connectivity index (χ0v) is 31.5. The number of furan rings is 1. The number of unbranched alkanes of at least 4 members (excludes halogenated alkanes) is 1. The average molecular weight is 707 g/mol. The Labute approximate surface area is 300 Å². The topological polar surface area (TPSA) is 148 Å². The first-order chi connectivity index (χ1) is 24.2. The van der Waals surface area contributed by atoms with Gasteiger partial charge in [0.25, 0.3) is 6.47 Å². The second-order valence-corrected chi connectivity index (χ2v) is 13.0. The van der Waals surface area contributed by atoms with Gasteiger partial charge in [0.05, 0.1) is 6.61 Å². The van der Waals surface area contributed by atoms with E-state index in [4.69, 9.17) is 20.3 Å². The number of benzene rings is 1. The number of rotatable bonds is 17. The summed E-state index contributed by atoms with van der Waals surface area (Å²) in [6.07, 6.45) is 15.7. The Hall–Kier alpha value is -3.15. The van der Waals surface area contributed by atoms with Gasteiger partial charge in [0.15, 0.2) is 0 Å². The molecular formula is C39H67FN4O6. The molecule has 0 bridgehead atoms. The molecule has 11 heteroatoms. The van der Waals surface area contributed by atoms with Crippen LogP contribution in [0.3, 0.4) is 0 Å². The largest absolute Gasteiger partial charge is 0.468 e. The predicted molar refractivity (Wildman–Crippen MR) is 203 cm³/mol. The number of hydrogen-bond acceptors (Lipinski definition) is 9. The summed E-state index contributed by atoms with van der Waals surface area (Å²) < 4.78 is 26.8. The number of nitrogens with two attached hydrogens (primary N) is 1. The van der Waals surface area contributed by atoms with E-state index in [1.165, 1.54) is 45.1 Å². The van der Waals surface area contributed by atoms with Crippen LogP contribution in [0.25, 0.3) is 11.0 Å². The van der Waals surface area contributed by atoms with Crippen molar-refractivity contribution in [1.82, 2.24) is 4.90 Å². The van der Waals surface area contributed by atoms with Crippen LogP contribution in [0.1, 0.15) is 104 Å². The molecule has 2 heterocycles. The van der Waals surface area contributed by atoms with Crippen LogP contribution in [0.2, 0.25) is 0 Å². The van der Waals surface area contributed by atoms with E-state index >= 15 is 0 Å². The van der Waals surface area contributed by atoms with Gasteiger partial charge >= 0.3 is 0 Å².